The van der Waals surface area contributed by atoms with Crippen molar-refractivity contribution in [1.82, 2.24) is 4.72 Å². The third-order valence-electron chi connectivity index (χ3n) is 2.47. The van der Waals surface area contributed by atoms with Gasteiger partial charge in [-0.3, -0.25) is 0 Å². The average Bonchev–Trinajstić information content (AvgIpc) is 2.64. The van der Waals surface area contributed by atoms with Gasteiger partial charge in [0.15, 0.2) is 0 Å². The van der Waals surface area contributed by atoms with Gasteiger partial charge in [-0.15, -0.1) is 0 Å². The van der Waals surface area contributed by atoms with E-state index in [9.17, 15) is 8.42 Å². The van der Waals surface area contributed by atoms with Crippen LogP contribution in [0.4, 0.5) is 0 Å². The molecule has 17 heavy (non-hydrogen) atoms. The lowest BCUT2D eigenvalue weighted by atomic mass is 10.2. The molecular formula is C12H21NO3S. The highest BCUT2D eigenvalue weighted by molar-refractivity contribution is 7.88. The summed E-state index contributed by atoms with van der Waals surface area (Å²) in [6.07, 6.45) is 3.78. The lowest BCUT2D eigenvalue weighted by molar-refractivity contribution is 0.441. The molecule has 1 aromatic rings. The fourth-order valence-corrected chi connectivity index (χ4v) is 2.04. The van der Waals surface area contributed by atoms with Gasteiger partial charge in [-0.05, 0) is 25.0 Å². The lowest BCUT2D eigenvalue weighted by Gasteiger charge is -2.02. The smallest absolute Gasteiger partial charge is 0.208 e. The van der Waals surface area contributed by atoms with Crippen LogP contribution in [0.15, 0.2) is 16.5 Å². The Morgan fingerprint density at radius 2 is 2.00 bits per heavy atom. The first kappa shape index (κ1) is 14.3. The molecule has 1 N–H and O–H groups in total. The summed E-state index contributed by atoms with van der Waals surface area (Å²) >= 11 is 0. The van der Waals surface area contributed by atoms with Gasteiger partial charge in [0.1, 0.15) is 11.5 Å². The predicted octanol–water partition coefficient (Wildman–Crippen LogP) is 2.27. The number of furan rings is 1. The van der Waals surface area contributed by atoms with E-state index in [4.69, 9.17) is 4.42 Å². The van der Waals surface area contributed by atoms with Crippen LogP contribution in [0, 0.1) is 0 Å². The average molecular weight is 259 g/mol. The minimum atomic E-state index is -3.05. The summed E-state index contributed by atoms with van der Waals surface area (Å²) < 4.78 is 29.8. The lowest BCUT2D eigenvalue weighted by Crippen LogP contribution is -2.22. The molecule has 0 unspecified atom stereocenters. The van der Waals surface area contributed by atoms with E-state index in [1.807, 2.05) is 12.1 Å². The summed E-state index contributed by atoms with van der Waals surface area (Å²) in [5.41, 5.74) is 0. The molecule has 0 atom stereocenters. The second-order valence-electron chi connectivity index (χ2n) is 4.58. The van der Waals surface area contributed by atoms with Gasteiger partial charge in [0.25, 0.3) is 0 Å². The first-order valence-corrected chi connectivity index (χ1v) is 7.81. The summed E-state index contributed by atoms with van der Waals surface area (Å²) in [5.74, 6) is 2.40. The molecule has 0 bridgehead atoms. The zero-order valence-corrected chi connectivity index (χ0v) is 11.5. The van der Waals surface area contributed by atoms with Gasteiger partial charge < -0.3 is 4.42 Å². The van der Waals surface area contributed by atoms with Crippen molar-refractivity contribution in [1.29, 1.82) is 0 Å². The molecule has 0 aromatic carbocycles. The van der Waals surface area contributed by atoms with Crippen molar-refractivity contribution >= 4 is 10.0 Å². The molecule has 1 rings (SSSR count). The molecule has 0 amide bonds. The van der Waals surface area contributed by atoms with Gasteiger partial charge in [0, 0.05) is 18.9 Å². The quantitative estimate of drug-likeness (QED) is 0.764. The Kier molecular flexibility index (Phi) is 5.21. The highest BCUT2D eigenvalue weighted by Crippen LogP contribution is 2.18. The topological polar surface area (TPSA) is 59.3 Å². The van der Waals surface area contributed by atoms with Crippen molar-refractivity contribution in [2.45, 2.75) is 39.0 Å². The summed E-state index contributed by atoms with van der Waals surface area (Å²) in [5, 5.41) is 0. The van der Waals surface area contributed by atoms with E-state index < -0.39 is 10.0 Å². The van der Waals surface area contributed by atoms with Crippen molar-refractivity contribution in [2.24, 2.45) is 0 Å². The fraction of sp³-hybridized carbons (Fsp3) is 0.667. The van der Waals surface area contributed by atoms with Crippen molar-refractivity contribution in [3.63, 3.8) is 0 Å². The molecule has 98 valence electrons. The third-order valence-corrected chi connectivity index (χ3v) is 3.19. The Morgan fingerprint density at radius 3 is 2.53 bits per heavy atom. The summed E-state index contributed by atoms with van der Waals surface area (Å²) in [6, 6.07) is 4.01. The molecule has 1 heterocycles. The van der Waals surface area contributed by atoms with Crippen LogP contribution in [-0.2, 0) is 16.4 Å². The molecule has 0 saturated carbocycles. The molecule has 5 heteroatoms. The Balaban J connectivity index is 2.22. The van der Waals surface area contributed by atoms with Crippen molar-refractivity contribution in [3.8, 4) is 0 Å². The van der Waals surface area contributed by atoms with Crippen LogP contribution in [0.25, 0.3) is 0 Å². The number of nitrogens with one attached hydrogen (secondary N) is 1. The minimum absolute atomic E-state index is 0.413. The van der Waals surface area contributed by atoms with E-state index in [0.717, 1.165) is 30.8 Å². The number of hydrogen-bond acceptors (Lipinski definition) is 3. The highest BCUT2D eigenvalue weighted by atomic mass is 32.2. The second-order valence-corrected chi connectivity index (χ2v) is 6.42. The van der Waals surface area contributed by atoms with E-state index in [1.165, 1.54) is 6.26 Å². The van der Waals surface area contributed by atoms with Crippen LogP contribution in [0.3, 0.4) is 0 Å². The minimum Gasteiger partial charge on any atom is -0.466 e. The maximum Gasteiger partial charge on any atom is 0.208 e. The zero-order valence-electron chi connectivity index (χ0n) is 10.7. The first-order chi connectivity index (χ1) is 7.88. The Morgan fingerprint density at radius 1 is 1.29 bits per heavy atom. The van der Waals surface area contributed by atoms with Crippen LogP contribution in [0.5, 0.6) is 0 Å². The number of unbranched alkanes of at least 4 members (excludes halogenated alkanes) is 1. The van der Waals surface area contributed by atoms with E-state index >= 15 is 0 Å². The fourth-order valence-electron chi connectivity index (χ4n) is 1.52. The van der Waals surface area contributed by atoms with Crippen molar-refractivity contribution in [2.75, 3.05) is 12.8 Å². The monoisotopic (exact) mass is 259 g/mol. The predicted molar refractivity (Wildman–Crippen MR) is 68.6 cm³/mol. The highest BCUT2D eigenvalue weighted by Gasteiger charge is 2.05. The molecule has 0 radical (unpaired) electrons. The zero-order chi connectivity index (χ0) is 12.9. The van der Waals surface area contributed by atoms with Gasteiger partial charge in [-0.25, -0.2) is 13.1 Å². The molecule has 0 saturated heterocycles. The summed E-state index contributed by atoms with van der Waals surface area (Å²) in [6.45, 7) is 4.69. The SMILES string of the molecule is CC(C)c1ccc(CCCCNS(C)(=O)=O)o1. The molecule has 0 fully saturated rings. The standard InChI is InChI=1S/C12H21NO3S/c1-10(2)12-8-7-11(16-12)6-4-5-9-13-17(3,14)15/h7-8,10,13H,4-6,9H2,1-3H3. The largest absolute Gasteiger partial charge is 0.466 e. The van der Waals surface area contributed by atoms with E-state index in [-0.39, 0.29) is 0 Å². The van der Waals surface area contributed by atoms with Crippen molar-refractivity contribution < 1.29 is 12.8 Å². The van der Waals surface area contributed by atoms with Crippen LogP contribution >= 0.6 is 0 Å². The Hall–Kier alpha value is -0.810. The Labute approximate surface area is 103 Å². The van der Waals surface area contributed by atoms with E-state index in [0.29, 0.717) is 12.5 Å². The maximum absolute atomic E-state index is 10.8. The van der Waals surface area contributed by atoms with E-state index in [2.05, 4.69) is 18.6 Å². The summed E-state index contributed by atoms with van der Waals surface area (Å²) in [4.78, 5) is 0. The van der Waals surface area contributed by atoms with Gasteiger partial charge >= 0.3 is 0 Å². The summed E-state index contributed by atoms with van der Waals surface area (Å²) in [7, 11) is -3.05. The van der Waals surface area contributed by atoms with Crippen molar-refractivity contribution in [3.05, 3.63) is 23.7 Å². The molecule has 1 aromatic heterocycles. The number of hydrogen-bond donors (Lipinski definition) is 1. The van der Waals surface area contributed by atoms with Crippen LogP contribution in [0.1, 0.15) is 44.1 Å². The molecule has 0 spiro atoms. The maximum atomic E-state index is 10.8. The van der Waals surface area contributed by atoms with E-state index in [1.54, 1.807) is 0 Å². The normalized spacial score (nSPS) is 12.2. The van der Waals surface area contributed by atoms with Gasteiger partial charge in [0.05, 0.1) is 6.26 Å². The second kappa shape index (κ2) is 6.21. The molecular weight excluding hydrogens is 238 g/mol. The van der Waals surface area contributed by atoms with Crippen LogP contribution in [-0.4, -0.2) is 21.2 Å². The molecule has 0 aliphatic heterocycles. The molecule has 0 aliphatic rings. The number of rotatable bonds is 7. The molecule has 4 nitrogen and oxygen atoms in total. The van der Waals surface area contributed by atoms with Crippen LogP contribution < -0.4 is 4.72 Å². The first-order valence-electron chi connectivity index (χ1n) is 5.92. The number of aryl methyl sites for hydroxylation is 1. The third kappa shape index (κ3) is 5.89. The van der Waals surface area contributed by atoms with Gasteiger partial charge in [-0.2, -0.15) is 0 Å². The van der Waals surface area contributed by atoms with Crippen LogP contribution in [0.2, 0.25) is 0 Å². The van der Waals surface area contributed by atoms with Gasteiger partial charge in [-0.1, -0.05) is 13.8 Å². The number of sulfonamides is 1. The van der Waals surface area contributed by atoms with Gasteiger partial charge in [0.2, 0.25) is 10.0 Å². The molecule has 0 aliphatic carbocycles. The Bertz CT molecular complexity index is 434.